The zero-order chi connectivity index (χ0) is 14.4. The van der Waals surface area contributed by atoms with Crippen LogP contribution in [0.1, 0.15) is 16.9 Å². The maximum absolute atomic E-state index is 11.8. The van der Waals surface area contributed by atoms with Crippen LogP contribution in [0, 0.1) is 0 Å². The first kappa shape index (κ1) is 14.1. The minimum Gasteiger partial charge on any atom is -0.497 e. The fourth-order valence-electron chi connectivity index (χ4n) is 1.74. The summed E-state index contributed by atoms with van der Waals surface area (Å²) in [5.41, 5.74) is 1.94. The van der Waals surface area contributed by atoms with Gasteiger partial charge in [-0.2, -0.15) is 5.10 Å². The fourth-order valence-corrected chi connectivity index (χ4v) is 1.74. The zero-order valence-electron chi connectivity index (χ0n) is 11.2. The molecule has 0 aliphatic rings. The second-order valence-corrected chi connectivity index (χ2v) is 4.23. The molecule has 2 aromatic rings. The number of H-pyrrole nitrogens is 1. The molecule has 0 aliphatic heterocycles. The molecule has 1 amide bonds. The predicted octanol–water partition coefficient (Wildman–Crippen LogP) is 1.20. The van der Waals surface area contributed by atoms with Gasteiger partial charge in [0.25, 0.3) is 5.91 Å². The molecule has 0 saturated carbocycles. The van der Waals surface area contributed by atoms with E-state index in [2.05, 4.69) is 15.5 Å². The summed E-state index contributed by atoms with van der Waals surface area (Å²) in [6.45, 7) is 0.487. The summed E-state index contributed by atoms with van der Waals surface area (Å²) in [5, 5.41) is 18.2. The number of aliphatic hydroxyl groups excluding tert-OH is 1. The van der Waals surface area contributed by atoms with Gasteiger partial charge in [0.1, 0.15) is 11.4 Å². The van der Waals surface area contributed by atoms with Crippen LogP contribution in [0.5, 0.6) is 5.75 Å². The van der Waals surface area contributed by atoms with Crippen LogP contribution in [0.3, 0.4) is 0 Å². The Labute approximate surface area is 116 Å². The van der Waals surface area contributed by atoms with Crippen LogP contribution >= 0.6 is 0 Å². The Hall–Kier alpha value is -2.34. The lowest BCUT2D eigenvalue weighted by molar-refractivity contribution is 0.0946. The molecule has 0 radical (unpaired) electrons. The number of aromatic nitrogens is 2. The van der Waals surface area contributed by atoms with E-state index in [9.17, 15) is 4.79 Å². The second kappa shape index (κ2) is 6.72. The molecule has 106 valence electrons. The van der Waals surface area contributed by atoms with Crippen molar-refractivity contribution in [3.8, 4) is 17.0 Å². The summed E-state index contributed by atoms with van der Waals surface area (Å²) in [4.78, 5) is 11.8. The van der Waals surface area contributed by atoms with Gasteiger partial charge >= 0.3 is 0 Å². The number of rotatable bonds is 6. The van der Waals surface area contributed by atoms with Crippen molar-refractivity contribution in [2.75, 3.05) is 20.3 Å². The molecule has 3 N–H and O–H groups in total. The smallest absolute Gasteiger partial charge is 0.269 e. The molecule has 0 saturated heterocycles. The van der Waals surface area contributed by atoms with Crippen molar-refractivity contribution in [3.63, 3.8) is 0 Å². The van der Waals surface area contributed by atoms with Gasteiger partial charge in [0, 0.05) is 18.7 Å². The number of amides is 1. The van der Waals surface area contributed by atoms with Crippen molar-refractivity contribution in [2.24, 2.45) is 0 Å². The Kier molecular flexibility index (Phi) is 4.73. The van der Waals surface area contributed by atoms with Crippen molar-refractivity contribution in [3.05, 3.63) is 36.0 Å². The molecule has 0 aliphatic carbocycles. The van der Waals surface area contributed by atoms with Gasteiger partial charge in [-0.3, -0.25) is 9.89 Å². The highest BCUT2D eigenvalue weighted by atomic mass is 16.5. The first-order valence-electron chi connectivity index (χ1n) is 6.33. The quantitative estimate of drug-likeness (QED) is 0.691. The monoisotopic (exact) mass is 275 g/mol. The van der Waals surface area contributed by atoms with Crippen LogP contribution in [-0.2, 0) is 0 Å². The van der Waals surface area contributed by atoms with Crippen molar-refractivity contribution < 1.29 is 14.6 Å². The van der Waals surface area contributed by atoms with E-state index in [0.717, 1.165) is 11.3 Å². The van der Waals surface area contributed by atoms with E-state index < -0.39 is 0 Å². The summed E-state index contributed by atoms with van der Waals surface area (Å²) in [6.07, 6.45) is 0.530. The average Bonchev–Trinajstić information content (AvgIpc) is 2.97. The highest BCUT2D eigenvalue weighted by molar-refractivity contribution is 5.93. The molecule has 0 unspecified atom stereocenters. The van der Waals surface area contributed by atoms with E-state index in [1.165, 1.54) is 0 Å². The van der Waals surface area contributed by atoms with Crippen LogP contribution in [0.15, 0.2) is 30.3 Å². The molecule has 0 atom stereocenters. The molecule has 20 heavy (non-hydrogen) atoms. The third-order valence-corrected chi connectivity index (χ3v) is 2.81. The molecule has 1 aromatic heterocycles. The molecule has 0 bridgehead atoms. The standard InChI is InChI=1S/C14H17N3O3/c1-20-11-5-2-4-10(8-11)12-9-13(17-16-12)14(19)15-6-3-7-18/h2,4-5,8-9,18H,3,6-7H2,1H3,(H,15,19)(H,16,17). The maximum atomic E-state index is 11.8. The predicted molar refractivity (Wildman–Crippen MR) is 74.6 cm³/mol. The van der Waals surface area contributed by atoms with Gasteiger partial charge in [-0.15, -0.1) is 0 Å². The van der Waals surface area contributed by atoms with E-state index in [-0.39, 0.29) is 12.5 Å². The van der Waals surface area contributed by atoms with Gasteiger partial charge in [0.2, 0.25) is 0 Å². The first-order valence-corrected chi connectivity index (χ1v) is 6.33. The first-order chi connectivity index (χ1) is 9.74. The Morgan fingerprint density at radius 1 is 1.45 bits per heavy atom. The van der Waals surface area contributed by atoms with E-state index in [1.807, 2.05) is 24.3 Å². The van der Waals surface area contributed by atoms with Crippen molar-refractivity contribution in [1.29, 1.82) is 0 Å². The number of nitrogens with one attached hydrogen (secondary N) is 2. The molecule has 0 fully saturated rings. The summed E-state index contributed by atoms with van der Waals surface area (Å²) in [6, 6.07) is 9.14. The van der Waals surface area contributed by atoms with Gasteiger partial charge in [-0.25, -0.2) is 0 Å². The highest BCUT2D eigenvalue weighted by Crippen LogP contribution is 2.22. The Morgan fingerprint density at radius 3 is 3.05 bits per heavy atom. The Balaban J connectivity index is 2.09. The van der Waals surface area contributed by atoms with Crippen LogP contribution in [0.25, 0.3) is 11.3 Å². The Bertz CT molecular complexity index is 581. The summed E-state index contributed by atoms with van der Waals surface area (Å²) in [7, 11) is 1.60. The highest BCUT2D eigenvalue weighted by Gasteiger charge is 2.10. The maximum Gasteiger partial charge on any atom is 0.269 e. The van der Waals surface area contributed by atoms with Gasteiger partial charge < -0.3 is 15.2 Å². The lowest BCUT2D eigenvalue weighted by Crippen LogP contribution is -2.25. The molecule has 6 heteroatoms. The number of carbonyl (C=O) groups is 1. The van der Waals surface area contributed by atoms with Gasteiger partial charge in [-0.05, 0) is 24.6 Å². The second-order valence-electron chi connectivity index (χ2n) is 4.23. The lowest BCUT2D eigenvalue weighted by Gasteiger charge is -2.01. The van der Waals surface area contributed by atoms with E-state index in [4.69, 9.17) is 9.84 Å². The number of ether oxygens (including phenoxy) is 1. The van der Waals surface area contributed by atoms with Gasteiger partial charge in [-0.1, -0.05) is 12.1 Å². The number of aromatic amines is 1. The van der Waals surface area contributed by atoms with Crippen LogP contribution in [0.4, 0.5) is 0 Å². The van der Waals surface area contributed by atoms with E-state index >= 15 is 0 Å². The minimum atomic E-state index is -0.236. The third kappa shape index (κ3) is 3.36. The number of aliphatic hydroxyl groups is 1. The van der Waals surface area contributed by atoms with Crippen LogP contribution in [0.2, 0.25) is 0 Å². The molecule has 1 aromatic carbocycles. The van der Waals surface area contributed by atoms with Gasteiger partial charge in [0.05, 0.1) is 12.8 Å². The molecule has 2 rings (SSSR count). The Morgan fingerprint density at radius 2 is 2.30 bits per heavy atom. The number of carbonyl (C=O) groups excluding carboxylic acids is 1. The molecular formula is C14H17N3O3. The molecule has 0 spiro atoms. The van der Waals surface area contributed by atoms with Crippen molar-refractivity contribution in [2.45, 2.75) is 6.42 Å². The number of methoxy groups -OCH3 is 1. The number of hydrogen-bond acceptors (Lipinski definition) is 4. The summed E-state index contributed by atoms with van der Waals surface area (Å²) >= 11 is 0. The summed E-state index contributed by atoms with van der Waals surface area (Å²) < 4.78 is 5.16. The molecular weight excluding hydrogens is 258 g/mol. The minimum absolute atomic E-state index is 0.0539. The topological polar surface area (TPSA) is 87.2 Å². The molecule has 6 nitrogen and oxygen atoms in total. The normalized spacial score (nSPS) is 10.3. The zero-order valence-corrected chi connectivity index (χ0v) is 11.2. The van der Waals surface area contributed by atoms with Crippen molar-refractivity contribution >= 4 is 5.91 Å². The average molecular weight is 275 g/mol. The van der Waals surface area contributed by atoms with Crippen LogP contribution in [-0.4, -0.2) is 41.5 Å². The van der Waals surface area contributed by atoms with E-state index in [1.54, 1.807) is 13.2 Å². The third-order valence-electron chi connectivity index (χ3n) is 2.81. The van der Waals surface area contributed by atoms with Crippen molar-refractivity contribution in [1.82, 2.24) is 15.5 Å². The number of hydrogen-bond donors (Lipinski definition) is 3. The van der Waals surface area contributed by atoms with E-state index in [0.29, 0.717) is 24.4 Å². The SMILES string of the molecule is COc1cccc(-c2cc(C(=O)NCCCO)[nH]n2)c1. The number of benzene rings is 1. The number of nitrogens with zero attached hydrogens (tertiary/aromatic N) is 1. The summed E-state index contributed by atoms with van der Waals surface area (Å²) in [5.74, 6) is 0.500. The largest absolute Gasteiger partial charge is 0.497 e. The van der Waals surface area contributed by atoms with Gasteiger partial charge in [0.15, 0.2) is 0 Å². The van der Waals surface area contributed by atoms with Crippen LogP contribution < -0.4 is 10.1 Å². The lowest BCUT2D eigenvalue weighted by atomic mass is 10.1. The fraction of sp³-hybridized carbons (Fsp3) is 0.286. The molecule has 1 heterocycles.